The molecule has 0 saturated carbocycles. The fourth-order valence-electron chi connectivity index (χ4n) is 2.56. The Labute approximate surface area is 111 Å². The minimum Gasteiger partial charge on any atom is -0.468 e. The summed E-state index contributed by atoms with van der Waals surface area (Å²) >= 11 is 0. The molecule has 0 atom stereocenters. The maximum atomic E-state index is 5.40. The highest BCUT2D eigenvalue weighted by molar-refractivity contribution is 5.31. The van der Waals surface area contributed by atoms with Gasteiger partial charge in [-0.2, -0.15) is 0 Å². The van der Waals surface area contributed by atoms with Crippen molar-refractivity contribution >= 4 is 0 Å². The topological polar surface area (TPSA) is 18.5 Å². The Bertz CT molecular complexity index is 358. The van der Waals surface area contributed by atoms with E-state index in [9.17, 15) is 0 Å². The molecule has 2 heteroatoms. The number of methoxy groups -OCH3 is 1. The van der Waals surface area contributed by atoms with Crippen LogP contribution in [0.3, 0.4) is 0 Å². The Morgan fingerprint density at radius 3 is 1.94 bits per heavy atom. The van der Waals surface area contributed by atoms with Gasteiger partial charge in [-0.3, -0.25) is 0 Å². The van der Waals surface area contributed by atoms with Crippen LogP contribution >= 0.6 is 0 Å². The molecule has 102 valence electrons. The highest BCUT2D eigenvalue weighted by atomic mass is 16.7. The van der Waals surface area contributed by atoms with Crippen molar-refractivity contribution in [1.29, 1.82) is 0 Å². The van der Waals surface area contributed by atoms with E-state index in [2.05, 4.69) is 46.8 Å². The molecule has 0 aliphatic carbocycles. The van der Waals surface area contributed by atoms with Crippen LogP contribution in [-0.2, 0) is 10.2 Å². The van der Waals surface area contributed by atoms with Crippen LogP contribution in [0.2, 0.25) is 0 Å². The van der Waals surface area contributed by atoms with Crippen molar-refractivity contribution in [3.8, 4) is 5.75 Å². The minimum absolute atomic E-state index is 0.179. The van der Waals surface area contributed by atoms with E-state index in [1.165, 1.54) is 5.56 Å². The SMILES string of the molecule is COCOc1ccc(C(C)(C)CC(C)(C)C)cc1. The Balaban J connectivity index is 2.77. The van der Waals surface area contributed by atoms with E-state index in [-0.39, 0.29) is 5.41 Å². The normalized spacial score (nSPS) is 12.6. The molecule has 2 nitrogen and oxygen atoms in total. The molecule has 0 saturated heterocycles. The molecule has 18 heavy (non-hydrogen) atoms. The van der Waals surface area contributed by atoms with E-state index in [1.807, 2.05) is 12.1 Å². The monoisotopic (exact) mass is 250 g/mol. The lowest BCUT2D eigenvalue weighted by molar-refractivity contribution is 0.0511. The first-order valence-electron chi connectivity index (χ1n) is 6.47. The van der Waals surface area contributed by atoms with Crippen molar-refractivity contribution in [3.63, 3.8) is 0 Å². The van der Waals surface area contributed by atoms with Crippen LogP contribution in [0.1, 0.15) is 46.6 Å². The van der Waals surface area contributed by atoms with Gasteiger partial charge in [-0.15, -0.1) is 0 Å². The second-order valence-corrected chi connectivity index (χ2v) is 6.70. The van der Waals surface area contributed by atoms with Crippen molar-refractivity contribution in [1.82, 2.24) is 0 Å². The van der Waals surface area contributed by atoms with Gasteiger partial charge in [0.2, 0.25) is 0 Å². The Hall–Kier alpha value is -1.02. The van der Waals surface area contributed by atoms with Gasteiger partial charge in [-0.25, -0.2) is 0 Å². The first kappa shape index (κ1) is 15.0. The van der Waals surface area contributed by atoms with Crippen molar-refractivity contribution in [2.75, 3.05) is 13.9 Å². The summed E-state index contributed by atoms with van der Waals surface area (Å²) in [5.41, 5.74) is 1.86. The number of hydrogen-bond acceptors (Lipinski definition) is 2. The van der Waals surface area contributed by atoms with E-state index >= 15 is 0 Å². The van der Waals surface area contributed by atoms with Crippen molar-refractivity contribution < 1.29 is 9.47 Å². The van der Waals surface area contributed by atoms with E-state index < -0.39 is 0 Å². The van der Waals surface area contributed by atoms with E-state index in [0.717, 1.165) is 12.2 Å². The third-order valence-electron chi connectivity index (χ3n) is 2.95. The summed E-state index contributed by atoms with van der Waals surface area (Å²) in [6.45, 7) is 11.7. The third-order valence-corrected chi connectivity index (χ3v) is 2.95. The minimum atomic E-state index is 0.179. The zero-order valence-corrected chi connectivity index (χ0v) is 12.5. The quantitative estimate of drug-likeness (QED) is 0.722. The smallest absolute Gasteiger partial charge is 0.188 e. The molecule has 0 aliphatic rings. The maximum Gasteiger partial charge on any atom is 0.188 e. The molecule has 0 fully saturated rings. The second kappa shape index (κ2) is 5.75. The second-order valence-electron chi connectivity index (χ2n) is 6.70. The maximum absolute atomic E-state index is 5.40. The summed E-state index contributed by atoms with van der Waals surface area (Å²) in [5.74, 6) is 0.854. The Morgan fingerprint density at radius 2 is 1.50 bits per heavy atom. The van der Waals surface area contributed by atoms with Crippen LogP contribution in [0.5, 0.6) is 5.75 Å². The predicted octanol–water partition coefficient (Wildman–Crippen LogP) is 4.38. The summed E-state index contributed by atoms with van der Waals surface area (Å²) < 4.78 is 10.3. The lowest BCUT2D eigenvalue weighted by Gasteiger charge is -2.33. The average molecular weight is 250 g/mol. The number of ether oxygens (including phenoxy) is 2. The van der Waals surface area contributed by atoms with Crippen LogP contribution in [0.4, 0.5) is 0 Å². The fourth-order valence-corrected chi connectivity index (χ4v) is 2.56. The summed E-state index contributed by atoms with van der Waals surface area (Å²) in [5, 5.41) is 0. The molecular formula is C16H26O2. The molecule has 0 N–H and O–H groups in total. The van der Waals surface area contributed by atoms with E-state index in [0.29, 0.717) is 12.2 Å². The summed E-state index contributed by atoms with van der Waals surface area (Å²) in [4.78, 5) is 0. The van der Waals surface area contributed by atoms with Gasteiger partial charge in [0, 0.05) is 7.11 Å². The number of benzene rings is 1. The first-order valence-corrected chi connectivity index (χ1v) is 6.47. The van der Waals surface area contributed by atoms with Gasteiger partial charge < -0.3 is 9.47 Å². The van der Waals surface area contributed by atoms with Gasteiger partial charge in [0.15, 0.2) is 6.79 Å². The van der Waals surface area contributed by atoms with Crippen LogP contribution in [-0.4, -0.2) is 13.9 Å². The van der Waals surface area contributed by atoms with Crippen LogP contribution in [0.25, 0.3) is 0 Å². The highest BCUT2D eigenvalue weighted by Gasteiger charge is 2.27. The van der Waals surface area contributed by atoms with Crippen molar-refractivity contribution in [2.45, 2.75) is 46.5 Å². The van der Waals surface area contributed by atoms with Crippen molar-refractivity contribution in [2.24, 2.45) is 5.41 Å². The predicted molar refractivity (Wildman–Crippen MR) is 76.0 cm³/mol. The zero-order valence-electron chi connectivity index (χ0n) is 12.5. The van der Waals surface area contributed by atoms with Gasteiger partial charge >= 0.3 is 0 Å². The number of rotatable bonds is 5. The molecule has 1 aromatic rings. The summed E-state index contributed by atoms with van der Waals surface area (Å²) in [7, 11) is 1.63. The number of hydrogen-bond donors (Lipinski definition) is 0. The van der Waals surface area contributed by atoms with Gasteiger partial charge in [0.05, 0.1) is 0 Å². The van der Waals surface area contributed by atoms with Gasteiger partial charge in [-0.1, -0.05) is 46.8 Å². The summed E-state index contributed by atoms with van der Waals surface area (Å²) in [6.07, 6.45) is 1.15. The van der Waals surface area contributed by atoms with E-state index in [1.54, 1.807) is 7.11 Å². The summed E-state index contributed by atoms with van der Waals surface area (Å²) in [6, 6.07) is 8.32. The van der Waals surface area contributed by atoms with Gasteiger partial charge in [0.25, 0.3) is 0 Å². The largest absolute Gasteiger partial charge is 0.468 e. The molecule has 1 aromatic carbocycles. The lowest BCUT2D eigenvalue weighted by Crippen LogP contribution is -2.24. The van der Waals surface area contributed by atoms with Crippen LogP contribution < -0.4 is 4.74 Å². The standard InChI is InChI=1S/C16H26O2/c1-15(2,3)11-16(4,5)13-7-9-14(10-8-13)18-12-17-6/h7-10H,11-12H2,1-6H3. The third kappa shape index (κ3) is 4.69. The van der Waals surface area contributed by atoms with Crippen molar-refractivity contribution in [3.05, 3.63) is 29.8 Å². The molecule has 0 amide bonds. The molecule has 0 bridgehead atoms. The van der Waals surface area contributed by atoms with E-state index in [4.69, 9.17) is 9.47 Å². The zero-order chi connectivity index (χ0) is 13.8. The molecule has 0 unspecified atom stereocenters. The van der Waals surface area contributed by atoms with Crippen LogP contribution in [0, 0.1) is 5.41 Å². The van der Waals surface area contributed by atoms with Crippen LogP contribution in [0.15, 0.2) is 24.3 Å². The Morgan fingerprint density at radius 1 is 0.944 bits per heavy atom. The average Bonchev–Trinajstić information content (AvgIpc) is 2.23. The molecule has 0 aliphatic heterocycles. The van der Waals surface area contributed by atoms with Gasteiger partial charge in [-0.05, 0) is 34.9 Å². The molecule has 1 rings (SSSR count). The molecule has 0 aromatic heterocycles. The molecule has 0 heterocycles. The van der Waals surface area contributed by atoms with Gasteiger partial charge in [0.1, 0.15) is 5.75 Å². The molecule has 0 radical (unpaired) electrons. The molecular weight excluding hydrogens is 224 g/mol. The Kier molecular flexibility index (Phi) is 4.80. The highest BCUT2D eigenvalue weighted by Crippen LogP contribution is 2.36. The lowest BCUT2D eigenvalue weighted by atomic mass is 9.72. The first-order chi connectivity index (χ1) is 8.24. The molecule has 0 spiro atoms. The fraction of sp³-hybridized carbons (Fsp3) is 0.625.